The highest BCUT2D eigenvalue weighted by atomic mass is 16.5. The zero-order chi connectivity index (χ0) is 21.3. The highest BCUT2D eigenvalue weighted by Gasteiger charge is 2.26. The number of ether oxygens (including phenoxy) is 2. The van der Waals surface area contributed by atoms with E-state index >= 15 is 0 Å². The van der Waals surface area contributed by atoms with E-state index in [4.69, 9.17) is 9.47 Å². The number of rotatable bonds is 10. The highest BCUT2D eigenvalue weighted by Crippen LogP contribution is 2.34. The molecule has 30 heavy (non-hydrogen) atoms. The number of ketones is 1. The van der Waals surface area contributed by atoms with E-state index in [1.165, 1.54) is 25.7 Å². The minimum absolute atomic E-state index is 0.150. The highest BCUT2D eigenvalue weighted by molar-refractivity contribution is 5.91. The van der Waals surface area contributed by atoms with Gasteiger partial charge in [0.25, 0.3) is 0 Å². The van der Waals surface area contributed by atoms with Crippen LogP contribution in [0.3, 0.4) is 0 Å². The first kappa shape index (κ1) is 21.0. The number of hydrogen-bond donors (Lipinski definition) is 0. The zero-order valence-electron chi connectivity index (χ0n) is 18.7. The van der Waals surface area contributed by atoms with Gasteiger partial charge in [-0.15, -0.1) is 0 Å². The van der Waals surface area contributed by atoms with Crippen LogP contribution >= 0.6 is 0 Å². The first-order valence-electron chi connectivity index (χ1n) is 11.4. The maximum atomic E-state index is 13.3. The van der Waals surface area contributed by atoms with E-state index in [0.717, 1.165) is 58.8 Å². The van der Waals surface area contributed by atoms with Crippen LogP contribution in [-0.2, 0) is 4.79 Å². The number of carbonyl (C=O) groups excluding carboxylic acids is 1. The quantitative estimate of drug-likeness (QED) is 0.461. The Morgan fingerprint density at radius 1 is 0.800 bits per heavy atom. The molecule has 3 nitrogen and oxygen atoms in total. The van der Waals surface area contributed by atoms with Gasteiger partial charge in [-0.3, -0.25) is 4.79 Å². The van der Waals surface area contributed by atoms with Crippen LogP contribution in [-0.4, -0.2) is 19.0 Å². The molecule has 2 saturated carbocycles. The van der Waals surface area contributed by atoms with E-state index in [9.17, 15) is 4.79 Å². The van der Waals surface area contributed by atoms with Gasteiger partial charge in [0.1, 0.15) is 17.3 Å². The van der Waals surface area contributed by atoms with Crippen molar-refractivity contribution in [1.82, 2.24) is 0 Å². The number of aryl methyl sites for hydroxylation is 2. The van der Waals surface area contributed by atoms with E-state index < -0.39 is 0 Å². The molecule has 2 aliphatic carbocycles. The Balaban J connectivity index is 1.42. The summed E-state index contributed by atoms with van der Waals surface area (Å²) in [6.07, 6.45) is 5.14. The van der Waals surface area contributed by atoms with Gasteiger partial charge in [0.2, 0.25) is 0 Å². The first-order valence-corrected chi connectivity index (χ1v) is 11.4. The smallest absolute Gasteiger partial charge is 0.147 e. The fraction of sp³-hybridized carbons (Fsp3) is 0.519. The van der Waals surface area contributed by atoms with Crippen molar-refractivity contribution < 1.29 is 14.3 Å². The number of Topliss-reactive ketones (excluding diaryl/α,β-unsaturated/α-hetero) is 1. The van der Waals surface area contributed by atoms with Crippen molar-refractivity contribution in [1.29, 1.82) is 0 Å². The predicted molar refractivity (Wildman–Crippen MR) is 121 cm³/mol. The van der Waals surface area contributed by atoms with Crippen LogP contribution in [0.4, 0.5) is 0 Å². The molecule has 0 radical (unpaired) electrons. The van der Waals surface area contributed by atoms with Gasteiger partial charge in [0, 0.05) is 11.8 Å². The molecule has 0 N–H and O–H groups in total. The molecule has 2 aliphatic rings. The normalized spacial score (nSPS) is 18.0. The molecular weight excluding hydrogens is 372 g/mol. The average Bonchev–Trinajstić information content (AvgIpc) is 3.64. The summed E-state index contributed by atoms with van der Waals surface area (Å²) in [7, 11) is 0. The van der Waals surface area contributed by atoms with Crippen molar-refractivity contribution in [3.8, 4) is 11.5 Å². The van der Waals surface area contributed by atoms with Gasteiger partial charge in [-0.05, 0) is 97.9 Å². The molecule has 2 aromatic rings. The molecule has 2 fully saturated rings. The third-order valence-electron chi connectivity index (χ3n) is 6.63. The fourth-order valence-electron chi connectivity index (χ4n) is 4.13. The third-order valence-corrected chi connectivity index (χ3v) is 6.63. The topological polar surface area (TPSA) is 35.5 Å². The number of benzene rings is 2. The molecule has 2 aromatic carbocycles. The fourth-order valence-corrected chi connectivity index (χ4v) is 4.13. The van der Waals surface area contributed by atoms with Gasteiger partial charge >= 0.3 is 0 Å². The molecule has 2 atom stereocenters. The Kier molecular flexibility index (Phi) is 6.17. The standard InChI is InChI=1S/C27H34O3/c1-17-13-23(29-15-21-5-6-21)9-11-25(17)19(3)27(28)20(4)26-12-10-24(14-18(26)2)30-16-22-7-8-22/h9-14,19-22H,5-8,15-16H2,1-4H3. The minimum Gasteiger partial charge on any atom is -0.493 e. The zero-order valence-corrected chi connectivity index (χ0v) is 18.7. The lowest BCUT2D eigenvalue weighted by Gasteiger charge is -2.21. The summed E-state index contributed by atoms with van der Waals surface area (Å²) in [5.74, 6) is 3.24. The average molecular weight is 407 g/mol. The van der Waals surface area contributed by atoms with Gasteiger partial charge in [0.05, 0.1) is 13.2 Å². The molecule has 0 aromatic heterocycles. The Morgan fingerprint density at radius 2 is 1.20 bits per heavy atom. The van der Waals surface area contributed by atoms with Crippen LogP contribution in [0, 0.1) is 25.7 Å². The summed E-state index contributed by atoms with van der Waals surface area (Å²) in [6.45, 7) is 9.81. The molecule has 0 aliphatic heterocycles. The molecule has 0 bridgehead atoms. The molecule has 0 amide bonds. The summed E-state index contributed by atoms with van der Waals surface area (Å²) in [4.78, 5) is 13.3. The van der Waals surface area contributed by atoms with Crippen molar-refractivity contribution in [2.75, 3.05) is 13.2 Å². The SMILES string of the molecule is Cc1cc(OCC2CC2)ccc1C(C)C(=O)C(C)c1ccc(OCC2CC2)cc1C. The molecule has 0 spiro atoms. The third kappa shape index (κ3) is 5.06. The maximum Gasteiger partial charge on any atom is 0.147 e. The molecule has 4 rings (SSSR count). The molecule has 0 saturated heterocycles. The van der Waals surface area contributed by atoms with E-state index in [-0.39, 0.29) is 17.6 Å². The van der Waals surface area contributed by atoms with Crippen molar-refractivity contribution >= 4 is 5.78 Å². The van der Waals surface area contributed by atoms with Crippen molar-refractivity contribution in [3.05, 3.63) is 58.7 Å². The van der Waals surface area contributed by atoms with Crippen LogP contribution < -0.4 is 9.47 Å². The Hall–Kier alpha value is -2.29. The Labute approximate surface area is 180 Å². The van der Waals surface area contributed by atoms with Gasteiger partial charge in [-0.25, -0.2) is 0 Å². The van der Waals surface area contributed by atoms with Crippen LogP contribution in [0.1, 0.15) is 73.6 Å². The molecule has 0 heterocycles. The van der Waals surface area contributed by atoms with Crippen LogP contribution in [0.5, 0.6) is 11.5 Å². The summed E-state index contributed by atoms with van der Waals surface area (Å²) in [5.41, 5.74) is 4.43. The van der Waals surface area contributed by atoms with E-state index in [1.54, 1.807) is 0 Å². The van der Waals surface area contributed by atoms with Crippen LogP contribution in [0.2, 0.25) is 0 Å². The van der Waals surface area contributed by atoms with Crippen molar-refractivity contribution in [2.45, 2.75) is 65.2 Å². The lowest BCUT2D eigenvalue weighted by molar-refractivity contribution is -0.121. The number of carbonyl (C=O) groups is 1. The summed E-state index contributed by atoms with van der Waals surface area (Å²) < 4.78 is 11.8. The van der Waals surface area contributed by atoms with Gasteiger partial charge in [-0.1, -0.05) is 26.0 Å². The first-order chi connectivity index (χ1) is 14.4. The summed E-state index contributed by atoms with van der Waals surface area (Å²) in [6, 6.07) is 12.3. The van der Waals surface area contributed by atoms with E-state index in [0.29, 0.717) is 0 Å². The minimum atomic E-state index is -0.150. The molecule has 2 unspecified atom stereocenters. The van der Waals surface area contributed by atoms with Gasteiger partial charge in [-0.2, -0.15) is 0 Å². The second-order valence-electron chi connectivity index (χ2n) is 9.39. The van der Waals surface area contributed by atoms with Crippen molar-refractivity contribution in [3.63, 3.8) is 0 Å². The second-order valence-corrected chi connectivity index (χ2v) is 9.39. The lowest BCUT2D eigenvalue weighted by Crippen LogP contribution is -2.18. The summed E-state index contributed by atoms with van der Waals surface area (Å²) >= 11 is 0. The van der Waals surface area contributed by atoms with E-state index in [2.05, 4.69) is 38.1 Å². The molecule has 3 heteroatoms. The Bertz CT molecular complexity index is 835. The largest absolute Gasteiger partial charge is 0.493 e. The molecular formula is C27H34O3. The predicted octanol–water partition coefficient (Wildman–Crippen LogP) is 6.36. The summed E-state index contributed by atoms with van der Waals surface area (Å²) in [5, 5.41) is 0. The van der Waals surface area contributed by atoms with Crippen LogP contribution in [0.15, 0.2) is 36.4 Å². The van der Waals surface area contributed by atoms with Gasteiger partial charge in [0.15, 0.2) is 0 Å². The lowest BCUT2D eigenvalue weighted by atomic mass is 9.83. The Morgan fingerprint density at radius 3 is 1.53 bits per heavy atom. The van der Waals surface area contributed by atoms with Crippen LogP contribution in [0.25, 0.3) is 0 Å². The monoisotopic (exact) mass is 406 g/mol. The second kappa shape index (κ2) is 8.83. The maximum absolute atomic E-state index is 13.3. The van der Waals surface area contributed by atoms with Crippen molar-refractivity contribution in [2.24, 2.45) is 11.8 Å². The molecule has 160 valence electrons. The number of hydrogen-bond acceptors (Lipinski definition) is 3. The van der Waals surface area contributed by atoms with Gasteiger partial charge < -0.3 is 9.47 Å². The van der Waals surface area contributed by atoms with E-state index in [1.807, 2.05) is 26.0 Å².